The van der Waals surface area contributed by atoms with Crippen LogP contribution in [0, 0.1) is 35.5 Å². The predicted molar refractivity (Wildman–Crippen MR) is 139 cm³/mol. The molecular weight excluding hydrogens is 480 g/mol. The minimum atomic E-state index is -0.544. The maximum Gasteiger partial charge on any atom is 0.342 e. The molecule has 6 aliphatic heterocycles. The van der Waals surface area contributed by atoms with E-state index in [-0.39, 0.29) is 35.2 Å². The standard InChI is InChI=1S/C31H40N2O5/c34-27(23-15-19-13-17-5-1-9-32-11-3-7-21(25(17)32)28(19)37-30(23)35)24-16-20-14-18-6-2-10-33-12-4-8-22(26(18)33)29(20)38-31(24)36/h15-22,25-26,28-29H,1-14H2. The number of rotatable bonds is 2. The van der Waals surface area contributed by atoms with E-state index in [9.17, 15) is 14.4 Å². The Balaban J connectivity index is 1.07. The van der Waals surface area contributed by atoms with Crippen LogP contribution in [-0.4, -0.2) is 78.0 Å². The third-order valence-corrected chi connectivity index (χ3v) is 11.7. The van der Waals surface area contributed by atoms with E-state index in [2.05, 4.69) is 9.80 Å². The van der Waals surface area contributed by atoms with E-state index in [4.69, 9.17) is 9.47 Å². The van der Waals surface area contributed by atoms with E-state index >= 15 is 0 Å². The Morgan fingerprint density at radius 2 is 1.08 bits per heavy atom. The van der Waals surface area contributed by atoms with E-state index in [0.29, 0.717) is 35.8 Å². The summed E-state index contributed by atoms with van der Waals surface area (Å²) in [6.07, 6.45) is 14.8. The Morgan fingerprint density at radius 1 is 0.658 bits per heavy atom. The highest BCUT2D eigenvalue weighted by Gasteiger charge is 2.55. The van der Waals surface area contributed by atoms with Crippen molar-refractivity contribution < 1.29 is 23.9 Å². The van der Waals surface area contributed by atoms with E-state index in [1.165, 1.54) is 25.7 Å². The summed E-state index contributed by atoms with van der Waals surface area (Å²) in [7, 11) is 0. The zero-order valence-electron chi connectivity index (χ0n) is 22.3. The van der Waals surface area contributed by atoms with Gasteiger partial charge in [0.2, 0.25) is 5.78 Å². The van der Waals surface area contributed by atoms with Gasteiger partial charge in [0, 0.05) is 35.8 Å². The average Bonchev–Trinajstić information content (AvgIpc) is 2.93. The number of piperidine rings is 4. The summed E-state index contributed by atoms with van der Waals surface area (Å²) in [5.74, 6) is 0.457. The lowest BCUT2D eigenvalue weighted by atomic mass is 9.62. The molecule has 8 aliphatic rings. The molecule has 4 saturated heterocycles. The normalized spacial score (nSPS) is 46.2. The van der Waals surface area contributed by atoms with E-state index in [0.717, 1.165) is 64.7 Å². The smallest absolute Gasteiger partial charge is 0.342 e. The molecule has 0 aromatic heterocycles. The summed E-state index contributed by atoms with van der Waals surface area (Å²) in [5, 5.41) is 0. The minimum absolute atomic E-state index is 0.0602. The first-order valence-corrected chi connectivity index (χ1v) is 15.5. The van der Waals surface area contributed by atoms with Crippen molar-refractivity contribution in [3.8, 4) is 0 Å². The van der Waals surface area contributed by atoms with Gasteiger partial charge < -0.3 is 9.47 Å². The lowest BCUT2D eigenvalue weighted by Crippen LogP contribution is -2.61. The zero-order valence-corrected chi connectivity index (χ0v) is 22.3. The van der Waals surface area contributed by atoms with Crippen LogP contribution in [0.5, 0.6) is 0 Å². The van der Waals surface area contributed by atoms with Crippen molar-refractivity contribution in [3.05, 3.63) is 23.3 Å². The number of hydrogen-bond donors (Lipinski definition) is 0. The Labute approximate surface area is 224 Å². The Kier molecular flexibility index (Phi) is 5.66. The molecule has 2 aliphatic carbocycles. The van der Waals surface area contributed by atoms with Crippen LogP contribution >= 0.6 is 0 Å². The van der Waals surface area contributed by atoms with Crippen molar-refractivity contribution in [2.45, 2.75) is 88.5 Å². The summed E-state index contributed by atoms with van der Waals surface area (Å²) in [6, 6.07) is 1.02. The molecule has 6 heterocycles. The second kappa shape index (κ2) is 9.02. The van der Waals surface area contributed by atoms with Crippen LogP contribution in [0.1, 0.15) is 64.2 Å². The Bertz CT molecular complexity index is 1030. The van der Waals surface area contributed by atoms with Gasteiger partial charge in [-0.25, -0.2) is 9.59 Å². The molecule has 0 aromatic carbocycles. The van der Waals surface area contributed by atoms with Gasteiger partial charge in [0.25, 0.3) is 0 Å². The van der Waals surface area contributed by atoms with Crippen LogP contribution in [0.25, 0.3) is 0 Å². The SMILES string of the molecule is O=C1OC2C(C=C1C(=O)C1=CC3CC4CCCN5CCCC(C3OC1=O)C45)CC1CCCN3CCCC2C13. The molecule has 10 unspecified atom stereocenters. The fourth-order valence-electron chi connectivity index (χ4n) is 10.4. The van der Waals surface area contributed by atoms with Crippen LogP contribution in [0.15, 0.2) is 23.3 Å². The van der Waals surface area contributed by atoms with Crippen molar-refractivity contribution >= 4 is 17.7 Å². The predicted octanol–water partition coefficient (Wildman–Crippen LogP) is 3.28. The third kappa shape index (κ3) is 3.56. The van der Waals surface area contributed by atoms with E-state index in [1.54, 1.807) is 0 Å². The van der Waals surface area contributed by atoms with Crippen molar-refractivity contribution in [2.75, 3.05) is 26.2 Å². The van der Waals surface area contributed by atoms with Crippen LogP contribution in [0.2, 0.25) is 0 Å². The van der Waals surface area contributed by atoms with Gasteiger partial charge in [0.05, 0.1) is 0 Å². The first-order valence-electron chi connectivity index (χ1n) is 15.5. The number of carbonyl (C=O) groups is 3. The Morgan fingerprint density at radius 3 is 1.53 bits per heavy atom. The van der Waals surface area contributed by atoms with Gasteiger partial charge in [-0.15, -0.1) is 0 Å². The molecule has 2 saturated carbocycles. The van der Waals surface area contributed by atoms with Crippen LogP contribution < -0.4 is 0 Å². The zero-order chi connectivity index (χ0) is 25.5. The molecule has 8 rings (SSSR count). The van der Waals surface area contributed by atoms with Crippen molar-refractivity contribution in [2.24, 2.45) is 35.5 Å². The summed E-state index contributed by atoms with van der Waals surface area (Å²) >= 11 is 0. The fourth-order valence-corrected chi connectivity index (χ4v) is 10.4. The highest BCUT2D eigenvalue weighted by atomic mass is 16.6. The van der Waals surface area contributed by atoms with Gasteiger partial charge in [-0.3, -0.25) is 14.6 Å². The number of fused-ring (bicyclic) bond motifs is 4. The van der Waals surface area contributed by atoms with Crippen molar-refractivity contribution in [1.82, 2.24) is 9.80 Å². The number of ketones is 1. The quantitative estimate of drug-likeness (QED) is 0.409. The molecule has 38 heavy (non-hydrogen) atoms. The molecule has 204 valence electrons. The fraction of sp³-hybridized carbons (Fsp3) is 0.774. The molecule has 0 radical (unpaired) electrons. The first-order chi connectivity index (χ1) is 18.6. The summed E-state index contributed by atoms with van der Waals surface area (Å²) in [6.45, 7) is 4.62. The molecule has 0 aromatic rings. The van der Waals surface area contributed by atoms with Gasteiger partial charge in [0.15, 0.2) is 0 Å². The molecule has 7 heteroatoms. The third-order valence-electron chi connectivity index (χ3n) is 11.7. The first kappa shape index (κ1) is 23.9. The number of hydrogen-bond acceptors (Lipinski definition) is 7. The summed E-state index contributed by atoms with van der Waals surface area (Å²) < 4.78 is 12.2. The molecular formula is C31H40N2O5. The maximum atomic E-state index is 13.8. The number of esters is 2. The molecule has 10 atom stereocenters. The average molecular weight is 521 g/mol. The van der Waals surface area contributed by atoms with Crippen molar-refractivity contribution in [3.63, 3.8) is 0 Å². The van der Waals surface area contributed by atoms with Gasteiger partial charge in [-0.05, 0) is 102 Å². The monoisotopic (exact) mass is 520 g/mol. The van der Waals surface area contributed by atoms with E-state index in [1.807, 2.05) is 12.2 Å². The minimum Gasteiger partial charge on any atom is -0.458 e. The largest absolute Gasteiger partial charge is 0.458 e. The Hall–Kier alpha value is -1.99. The highest BCUT2D eigenvalue weighted by Crippen LogP contribution is 2.50. The number of carbonyl (C=O) groups excluding carboxylic acids is 3. The number of ether oxygens (including phenoxy) is 2. The lowest BCUT2D eigenvalue weighted by Gasteiger charge is -2.56. The van der Waals surface area contributed by atoms with Crippen LogP contribution in [-0.2, 0) is 23.9 Å². The number of Topliss-reactive ketones (excluding diaryl/α,β-unsaturated/α-hetero) is 1. The molecule has 7 nitrogen and oxygen atoms in total. The molecule has 6 fully saturated rings. The maximum absolute atomic E-state index is 13.8. The topological polar surface area (TPSA) is 76.1 Å². The van der Waals surface area contributed by atoms with Gasteiger partial charge in [-0.1, -0.05) is 12.2 Å². The number of nitrogens with zero attached hydrogens (tertiary/aromatic N) is 2. The molecule has 0 spiro atoms. The molecule has 0 N–H and O–H groups in total. The van der Waals surface area contributed by atoms with Gasteiger partial charge in [-0.2, -0.15) is 0 Å². The van der Waals surface area contributed by atoms with E-state index < -0.39 is 17.7 Å². The lowest BCUT2D eigenvalue weighted by molar-refractivity contribution is -0.167. The molecule has 0 bridgehead atoms. The molecule has 0 amide bonds. The highest BCUT2D eigenvalue weighted by molar-refractivity contribution is 6.32. The van der Waals surface area contributed by atoms with Gasteiger partial charge >= 0.3 is 11.9 Å². The summed E-state index contributed by atoms with van der Waals surface area (Å²) in [4.78, 5) is 45.5. The van der Waals surface area contributed by atoms with Crippen molar-refractivity contribution in [1.29, 1.82) is 0 Å². The van der Waals surface area contributed by atoms with Crippen LogP contribution in [0.3, 0.4) is 0 Å². The second-order valence-corrected chi connectivity index (χ2v) is 13.5. The summed E-state index contributed by atoms with van der Waals surface area (Å²) in [5.41, 5.74) is 0.120. The second-order valence-electron chi connectivity index (χ2n) is 13.5. The van der Waals surface area contributed by atoms with Gasteiger partial charge in [0.1, 0.15) is 23.4 Å². The van der Waals surface area contributed by atoms with Crippen LogP contribution in [0.4, 0.5) is 0 Å².